The molecule has 4 rings (SSSR count). The zero-order valence-corrected chi connectivity index (χ0v) is 13.2. The average molecular weight is 319 g/mol. The molecule has 0 atom stereocenters. The molecule has 0 aliphatic carbocycles. The van der Waals surface area contributed by atoms with Gasteiger partial charge in [-0.15, -0.1) is 11.3 Å². The van der Waals surface area contributed by atoms with Crippen molar-refractivity contribution < 1.29 is 4.79 Å². The van der Waals surface area contributed by atoms with Gasteiger partial charge in [-0.25, -0.2) is 4.98 Å². The topological polar surface area (TPSA) is 54.9 Å². The van der Waals surface area contributed by atoms with E-state index in [1.807, 2.05) is 49.4 Å². The Morgan fingerprint density at radius 3 is 2.87 bits per heavy atom. The summed E-state index contributed by atoms with van der Waals surface area (Å²) in [5, 5.41) is 4.83. The molecule has 0 spiro atoms. The van der Waals surface area contributed by atoms with Crippen molar-refractivity contribution in [1.82, 2.24) is 9.97 Å². The van der Waals surface area contributed by atoms with E-state index < -0.39 is 0 Å². The molecule has 0 aliphatic heterocycles. The van der Waals surface area contributed by atoms with E-state index in [0.717, 1.165) is 31.8 Å². The van der Waals surface area contributed by atoms with E-state index in [1.165, 1.54) is 0 Å². The third kappa shape index (κ3) is 2.55. The summed E-state index contributed by atoms with van der Waals surface area (Å²) < 4.78 is 1.07. The number of pyridine rings is 1. The Morgan fingerprint density at radius 2 is 1.96 bits per heavy atom. The Morgan fingerprint density at radius 1 is 1.09 bits per heavy atom. The lowest BCUT2D eigenvalue weighted by Crippen LogP contribution is -2.12. The van der Waals surface area contributed by atoms with Crippen LogP contribution in [0.1, 0.15) is 15.4 Å². The van der Waals surface area contributed by atoms with Gasteiger partial charge in [-0.3, -0.25) is 9.78 Å². The molecule has 5 heteroatoms. The van der Waals surface area contributed by atoms with Crippen LogP contribution in [0.5, 0.6) is 0 Å². The molecule has 23 heavy (non-hydrogen) atoms. The lowest BCUT2D eigenvalue weighted by molar-refractivity contribution is 0.102. The zero-order chi connectivity index (χ0) is 15.8. The molecular weight excluding hydrogens is 306 g/mol. The lowest BCUT2D eigenvalue weighted by Gasteiger charge is -2.07. The van der Waals surface area contributed by atoms with Crippen molar-refractivity contribution in [2.75, 3.05) is 5.32 Å². The number of carbonyl (C=O) groups is 1. The van der Waals surface area contributed by atoms with E-state index in [9.17, 15) is 4.79 Å². The van der Waals surface area contributed by atoms with Gasteiger partial charge in [0.15, 0.2) is 0 Å². The second-order valence-corrected chi connectivity index (χ2v) is 6.48. The highest BCUT2D eigenvalue weighted by molar-refractivity contribution is 7.18. The number of anilines is 1. The van der Waals surface area contributed by atoms with E-state index in [2.05, 4.69) is 15.3 Å². The fraction of sp³-hybridized carbons (Fsp3) is 0.0556. The van der Waals surface area contributed by atoms with Gasteiger partial charge in [0, 0.05) is 17.3 Å². The van der Waals surface area contributed by atoms with Gasteiger partial charge >= 0.3 is 0 Å². The number of carbonyl (C=O) groups excluding carboxylic acids is 1. The number of para-hydroxylation sites is 1. The van der Waals surface area contributed by atoms with Gasteiger partial charge < -0.3 is 5.32 Å². The minimum atomic E-state index is -0.135. The summed E-state index contributed by atoms with van der Waals surface area (Å²) in [5.41, 5.74) is 3.16. The van der Waals surface area contributed by atoms with Crippen LogP contribution in [0.2, 0.25) is 0 Å². The highest BCUT2D eigenvalue weighted by atomic mass is 32.1. The number of hydrogen-bond acceptors (Lipinski definition) is 4. The number of fused-ring (bicyclic) bond motifs is 2. The molecular formula is C18H13N3OS. The molecule has 0 saturated heterocycles. The second-order valence-electron chi connectivity index (χ2n) is 5.25. The highest BCUT2D eigenvalue weighted by Gasteiger charge is 2.11. The Bertz CT molecular complexity index is 1030. The Hall–Kier alpha value is -2.79. The van der Waals surface area contributed by atoms with Crippen LogP contribution in [0, 0.1) is 6.92 Å². The molecule has 2 heterocycles. The molecule has 1 amide bonds. The van der Waals surface area contributed by atoms with Crippen LogP contribution >= 0.6 is 11.3 Å². The molecule has 1 N–H and O–H groups in total. The maximum absolute atomic E-state index is 12.6. The lowest BCUT2D eigenvalue weighted by atomic mass is 10.1. The second kappa shape index (κ2) is 5.44. The van der Waals surface area contributed by atoms with E-state index >= 15 is 0 Å². The Balaban J connectivity index is 1.70. The van der Waals surface area contributed by atoms with E-state index in [0.29, 0.717) is 5.56 Å². The van der Waals surface area contributed by atoms with Crippen LogP contribution in [0.15, 0.2) is 54.7 Å². The summed E-state index contributed by atoms with van der Waals surface area (Å²) in [6.45, 7) is 1.98. The number of benzene rings is 2. The smallest absolute Gasteiger partial charge is 0.256 e. The van der Waals surface area contributed by atoms with Crippen molar-refractivity contribution in [3.05, 3.63) is 65.3 Å². The molecule has 0 radical (unpaired) electrons. The van der Waals surface area contributed by atoms with E-state index in [4.69, 9.17) is 0 Å². The molecule has 0 aliphatic rings. The SMILES string of the molecule is Cc1nc2ccc(NC(=O)c3ccnc4ccccc34)cc2s1. The molecule has 4 aromatic rings. The van der Waals surface area contributed by atoms with Crippen LogP contribution < -0.4 is 5.32 Å². The first-order chi connectivity index (χ1) is 11.2. The van der Waals surface area contributed by atoms with Crippen molar-refractivity contribution in [3.8, 4) is 0 Å². The summed E-state index contributed by atoms with van der Waals surface area (Å²) in [7, 11) is 0. The summed E-state index contributed by atoms with van der Waals surface area (Å²) in [6, 6.07) is 15.1. The summed E-state index contributed by atoms with van der Waals surface area (Å²) in [6.07, 6.45) is 1.66. The van der Waals surface area contributed by atoms with Crippen LogP contribution in [-0.2, 0) is 0 Å². The maximum atomic E-state index is 12.6. The van der Waals surface area contributed by atoms with Crippen molar-refractivity contribution in [2.45, 2.75) is 6.92 Å². The van der Waals surface area contributed by atoms with Crippen molar-refractivity contribution in [2.24, 2.45) is 0 Å². The number of aryl methyl sites for hydroxylation is 1. The van der Waals surface area contributed by atoms with Gasteiger partial charge in [0.2, 0.25) is 0 Å². The van der Waals surface area contributed by atoms with Crippen LogP contribution in [0.25, 0.3) is 21.1 Å². The largest absolute Gasteiger partial charge is 0.322 e. The van der Waals surface area contributed by atoms with Gasteiger partial charge in [0.05, 0.1) is 26.3 Å². The first kappa shape index (κ1) is 13.8. The number of rotatable bonds is 2. The minimum absolute atomic E-state index is 0.135. The standard InChI is InChI=1S/C18H13N3OS/c1-11-20-16-7-6-12(10-17(16)23-11)21-18(22)14-8-9-19-15-5-3-2-4-13(14)15/h2-10H,1H3,(H,21,22). The van der Waals surface area contributed by atoms with Gasteiger partial charge in [-0.05, 0) is 37.3 Å². The number of nitrogens with one attached hydrogen (secondary N) is 1. The third-order valence-corrected chi connectivity index (χ3v) is 4.58. The van der Waals surface area contributed by atoms with Crippen LogP contribution in [0.4, 0.5) is 5.69 Å². The first-order valence-electron chi connectivity index (χ1n) is 7.23. The van der Waals surface area contributed by atoms with Crippen molar-refractivity contribution in [1.29, 1.82) is 0 Å². The number of nitrogens with zero attached hydrogens (tertiary/aromatic N) is 2. The van der Waals surface area contributed by atoms with Crippen molar-refractivity contribution >= 4 is 44.1 Å². The normalized spacial score (nSPS) is 11.0. The van der Waals surface area contributed by atoms with E-state index in [1.54, 1.807) is 23.6 Å². The fourth-order valence-electron chi connectivity index (χ4n) is 2.61. The van der Waals surface area contributed by atoms with E-state index in [-0.39, 0.29) is 5.91 Å². The fourth-order valence-corrected chi connectivity index (χ4v) is 3.48. The number of amides is 1. The highest BCUT2D eigenvalue weighted by Crippen LogP contribution is 2.25. The van der Waals surface area contributed by atoms with Gasteiger partial charge in [-0.2, -0.15) is 0 Å². The number of hydrogen-bond donors (Lipinski definition) is 1. The molecule has 2 aromatic carbocycles. The van der Waals surface area contributed by atoms with Gasteiger partial charge in [0.25, 0.3) is 5.91 Å². The summed E-state index contributed by atoms with van der Waals surface area (Å²) >= 11 is 1.62. The van der Waals surface area contributed by atoms with Crippen molar-refractivity contribution in [3.63, 3.8) is 0 Å². The molecule has 112 valence electrons. The molecule has 2 aromatic heterocycles. The molecule has 0 unspecified atom stereocenters. The molecule has 0 saturated carbocycles. The zero-order valence-electron chi connectivity index (χ0n) is 12.4. The minimum Gasteiger partial charge on any atom is -0.322 e. The maximum Gasteiger partial charge on any atom is 0.256 e. The molecule has 4 nitrogen and oxygen atoms in total. The van der Waals surface area contributed by atoms with Gasteiger partial charge in [0.1, 0.15) is 0 Å². The van der Waals surface area contributed by atoms with Crippen LogP contribution in [-0.4, -0.2) is 15.9 Å². The monoisotopic (exact) mass is 319 g/mol. The summed E-state index contributed by atoms with van der Waals surface area (Å²) in [4.78, 5) is 21.3. The number of thiazole rings is 1. The molecule has 0 bridgehead atoms. The predicted molar refractivity (Wildman–Crippen MR) is 94.1 cm³/mol. The quantitative estimate of drug-likeness (QED) is 0.595. The Kier molecular flexibility index (Phi) is 3.28. The first-order valence-corrected chi connectivity index (χ1v) is 8.05. The van der Waals surface area contributed by atoms with Gasteiger partial charge in [-0.1, -0.05) is 18.2 Å². The number of aromatic nitrogens is 2. The molecule has 0 fully saturated rings. The average Bonchev–Trinajstić information content (AvgIpc) is 2.93. The van der Waals surface area contributed by atoms with Crippen LogP contribution in [0.3, 0.4) is 0 Å². The summed E-state index contributed by atoms with van der Waals surface area (Å²) in [5.74, 6) is -0.135. The third-order valence-electron chi connectivity index (χ3n) is 3.65. The predicted octanol–water partition coefficient (Wildman–Crippen LogP) is 4.41. The Labute approximate surface area is 136 Å².